The minimum Gasteiger partial charge on any atom is -0.466 e. The molecule has 23 heavy (non-hydrogen) atoms. The summed E-state index contributed by atoms with van der Waals surface area (Å²) in [5.41, 5.74) is 0.0242. The molecule has 1 aliphatic rings. The van der Waals surface area contributed by atoms with Gasteiger partial charge in [-0.25, -0.2) is 0 Å². The van der Waals surface area contributed by atoms with Gasteiger partial charge in [-0.15, -0.1) is 0 Å². The summed E-state index contributed by atoms with van der Waals surface area (Å²) in [7, 11) is 0. The van der Waals surface area contributed by atoms with Gasteiger partial charge in [-0.1, -0.05) is 12.1 Å². The monoisotopic (exact) mass is 319 g/mol. The topological polar surface area (TPSA) is 72.9 Å². The molecule has 6 nitrogen and oxygen atoms in total. The number of fused-ring (bicyclic) bond motifs is 1. The van der Waals surface area contributed by atoms with Crippen LogP contribution in [0.1, 0.15) is 47.9 Å². The van der Waals surface area contributed by atoms with Crippen molar-refractivity contribution in [2.24, 2.45) is 0 Å². The van der Waals surface area contributed by atoms with E-state index in [0.29, 0.717) is 17.7 Å². The molecule has 1 aromatic carbocycles. The SMILES string of the molecule is CCOC(=O)CCOCC(C)(C)N1C(=O)c2ccccc2C1=O. The highest BCUT2D eigenvalue weighted by atomic mass is 16.5. The summed E-state index contributed by atoms with van der Waals surface area (Å²) in [4.78, 5) is 37.4. The fraction of sp³-hybridized carbons (Fsp3) is 0.471. The van der Waals surface area contributed by atoms with E-state index in [1.165, 1.54) is 4.90 Å². The van der Waals surface area contributed by atoms with Crippen molar-refractivity contribution in [1.29, 1.82) is 0 Å². The van der Waals surface area contributed by atoms with E-state index in [-0.39, 0.29) is 37.4 Å². The van der Waals surface area contributed by atoms with Gasteiger partial charge >= 0.3 is 5.97 Å². The molecule has 1 aliphatic heterocycles. The maximum absolute atomic E-state index is 12.5. The first-order chi connectivity index (χ1) is 10.9. The van der Waals surface area contributed by atoms with Gasteiger partial charge in [0.05, 0.1) is 42.9 Å². The summed E-state index contributed by atoms with van der Waals surface area (Å²) >= 11 is 0. The second-order valence-electron chi connectivity index (χ2n) is 5.91. The Kier molecular flexibility index (Phi) is 5.15. The van der Waals surface area contributed by atoms with Gasteiger partial charge < -0.3 is 9.47 Å². The van der Waals surface area contributed by atoms with Crippen molar-refractivity contribution in [1.82, 2.24) is 4.90 Å². The Morgan fingerprint density at radius 3 is 2.22 bits per heavy atom. The van der Waals surface area contributed by atoms with Crippen molar-refractivity contribution < 1.29 is 23.9 Å². The predicted molar refractivity (Wildman–Crippen MR) is 83.1 cm³/mol. The Morgan fingerprint density at radius 2 is 1.70 bits per heavy atom. The van der Waals surface area contributed by atoms with Crippen molar-refractivity contribution in [3.05, 3.63) is 35.4 Å². The molecule has 0 saturated carbocycles. The zero-order chi connectivity index (χ0) is 17.0. The van der Waals surface area contributed by atoms with Gasteiger partial charge in [0, 0.05) is 0 Å². The molecule has 0 radical (unpaired) electrons. The van der Waals surface area contributed by atoms with Crippen molar-refractivity contribution in [2.75, 3.05) is 19.8 Å². The number of imide groups is 1. The van der Waals surface area contributed by atoms with E-state index in [1.807, 2.05) is 0 Å². The van der Waals surface area contributed by atoms with E-state index in [9.17, 15) is 14.4 Å². The number of rotatable bonds is 7. The smallest absolute Gasteiger partial charge is 0.308 e. The van der Waals surface area contributed by atoms with Crippen LogP contribution in [0.15, 0.2) is 24.3 Å². The van der Waals surface area contributed by atoms with Crippen LogP contribution in [0.4, 0.5) is 0 Å². The Morgan fingerprint density at radius 1 is 1.13 bits per heavy atom. The average molecular weight is 319 g/mol. The predicted octanol–water partition coefficient (Wildman–Crippen LogP) is 2.03. The first kappa shape index (κ1) is 17.1. The molecule has 0 saturated heterocycles. The quantitative estimate of drug-likeness (QED) is 0.437. The van der Waals surface area contributed by atoms with Gasteiger partial charge in [0.15, 0.2) is 0 Å². The molecule has 124 valence electrons. The van der Waals surface area contributed by atoms with E-state index in [2.05, 4.69) is 0 Å². The van der Waals surface area contributed by atoms with Crippen LogP contribution in [0.25, 0.3) is 0 Å². The van der Waals surface area contributed by atoms with Crippen molar-refractivity contribution >= 4 is 17.8 Å². The van der Waals surface area contributed by atoms with Crippen LogP contribution in [-0.2, 0) is 14.3 Å². The number of carbonyl (C=O) groups is 3. The van der Waals surface area contributed by atoms with Gasteiger partial charge in [0.1, 0.15) is 0 Å². The first-order valence-electron chi connectivity index (χ1n) is 7.59. The third kappa shape index (κ3) is 3.59. The molecule has 6 heteroatoms. The highest BCUT2D eigenvalue weighted by Crippen LogP contribution is 2.29. The highest BCUT2D eigenvalue weighted by molar-refractivity contribution is 6.21. The minimum absolute atomic E-state index is 0.145. The number of benzene rings is 1. The zero-order valence-electron chi connectivity index (χ0n) is 13.6. The lowest BCUT2D eigenvalue weighted by atomic mass is 10.0. The maximum Gasteiger partial charge on any atom is 0.308 e. The van der Waals surface area contributed by atoms with E-state index in [0.717, 1.165) is 0 Å². The van der Waals surface area contributed by atoms with E-state index in [1.54, 1.807) is 45.0 Å². The molecule has 1 heterocycles. The standard InChI is InChI=1S/C17H21NO5/c1-4-23-14(19)9-10-22-11-17(2,3)18-15(20)12-7-5-6-8-13(12)16(18)21/h5-8H,4,9-11H2,1-3H3. The fourth-order valence-corrected chi connectivity index (χ4v) is 2.51. The van der Waals surface area contributed by atoms with Crippen LogP contribution in [0.3, 0.4) is 0 Å². The summed E-state index contributed by atoms with van der Waals surface area (Å²) in [5.74, 6) is -0.958. The average Bonchev–Trinajstić information content (AvgIpc) is 2.77. The largest absolute Gasteiger partial charge is 0.466 e. The molecule has 0 fully saturated rings. The number of nitrogens with zero attached hydrogens (tertiary/aromatic N) is 1. The summed E-state index contributed by atoms with van der Waals surface area (Å²) in [5, 5.41) is 0. The third-order valence-corrected chi connectivity index (χ3v) is 3.61. The molecule has 1 aromatic rings. The number of esters is 1. The summed E-state index contributed by atoms with van der Waals surface area (Å²) in [6.45, 7) is 5.94. The van der Waals surface area contributed by atoms with Crippen molar-refractivity contribution in [3.8, 4) is 0 Å². The summed E-state index contributed by atoms with van der Waals surface area (Å²) in [6, 6.07) is 6.76. The molecule has 0 aliphatic carbocycles. The van der Waals surface area contributed by atoms with E-state index in [4.69, 9.17) is 9.47 Å². The van der Waals surface area contributed by atoms with Crippen LogP contribution in [0, 0.1) is 0 Å². The fourth-order valence-electron chi connectivity index (χ4n) is 2.51. The number of ether oxygens (including phenoxy) is 2. The first-order valence-corrected chi connectivity index (χ1v) is 7.59. The normalized spacial score (nSPS) is 14.1. The Bertz CT molecular complexity index is 588. The van der Waals surface area contributed by atoms with Gasteiger partial charge in [-0.2, -0.15) is 0 Å². The number of hydrogen-bond acceptors (Lipinski definition) is 5. The highest BCUT2D eigenvalue weighted by Gasteiger charge is 2.43. The van der Waals surface area contributed by atoms with Crippen LogP contribution >= 0.6 is 0 Å². The minimum atomic E-state index is -0.804. The van der Waals surface area contributed by atoms with Crippen LogP contribution in [0.5, 0.6) is 0 Å². The van der Waals surface area contributed by atoms with E-state index >= 15 is 0 Å². The molecule has 0 spiro atoms. The number of hydrogen-bond donors (Lipinski definition) is 0. The molecule has 2 rings (SSSR count). The third-order valence-electron chi connectivity index (χ3n) is 3.61. The molecule has 0 N–H and O–H groups in total. The molecule has 0 unspecified atom stereocenters. The number of carbonyl (C=O) groups excluding carboxylic acids is 3. The van der Waals surface area contributed by atoms with Crippen LogP contribution in [0.2, 0.25) is 0 Å². The van der Waals surface area contributed by atoms with Crippen molar-refractivity contribution in [3.63, 3.8) is 0 Å². The molecule has 2 amide bonds. The lowest BCUT2D eigenvalue weighted by Gasteiger charge is -2.33. The molecule has 0 atom stereocenters. The Hall–Kier alpha value is -2.21. The van der Waals surface area contributed by atoms with Crippen LogP contribution < -0.4 is 0 Å². The Balaban J connectivity index is 1.97. The Labute approximate surface area is 135 Å². The lowest BCUT2D eigenvalue weighted by Crippen LogP contribution is -2.50. The number of amides is 2. The van der Waals surface area contributed by atoms with Gasteiger partial charge in [-0.05, 0) is 32.9 Å². The molecular weight excluding hydrogens is 298 g/mol. The molecule has 0 aromatic heterocycles. The second kappa shape index (κ2) is 6.91. The molecule has 0 bridgehead atoms. The second-order valence-corrected chi connectivity index (χ2v) is 5.91. The molecular formula is C17H21NO5. The summed E-state index contributed by atoms with van der Waals surface area (Å²) in [6.07, 6.45) is 0.145. The van der Waals surface area contributed by atoms with Crippen molar-refractivity contribution in [2.45, 2.75) is 32.7 Å². The zero-order valence-corrected chi connectivity index (χ0v) is 13.6. The van der Waals surface area contributed by atoms with Gasteiger partial charge in [0.25, 0.3) is 11.8 Å². The van der Waals surface area contributed by atoms with E-state index < -0.39 is 5.54 Å². The van der Waals surface area contributed by atoms with Gasteiger partial charge in [-0.3, -0.25) is 19.3 Å². The summed E-state index contributed by atoms with van der Waals surface area (Å²) < 4.78 is 10.3. The maximum atomic E-state index is 12.5. The lowest BCUT2D eigenvalue weighted by molar-refractivity contribution is -0.144. The van der Waals surface area contributed by atoms with Gasteiger partial charge in [0.2, 0.25) is 0 Å². The van der Waals surface area contributed by atoms with Crippen LogP contribution in [-0.4, -0.2) is 48.0 Å².